The number of thiazole rings is 1. The van der Waals surface area contributed by atoms with Crippen molar-refractivity contribution < 1.29 is 0 Å². The number of rotatable bonds is 1. The predicted molar refractivity (Wildman–Crippen MR) is 97.9 cm³/mol. The Balaban J connectivity index is 1.71. The van der Waals surface area contributed by atoms with E-state index in [0.717, 1.165) is 5.92 Å². The van der Waals surface area contributed by atoms with E-state index < -0.39 is 0 Å². The van der Waals surface area contributed by atoms with E-state index in [1.807, 2.05) is 11.3 Å². The number of hydrogen-bond acceptors (Lipinski definition) is 2. The molecule has 1 aromatic carbocycles. The molecule has 22 heavy (non-hydrogen) atoms. The monoisotopic (exact) mass is 315 g/mol. The molecule has 2 aromatic rings. The third-order valence-corrected chi connectivity index (χ3v) is 6.03. The molecule has 0 saturated heterocycles. The van der Waals surface area contributed by atoms with Gasteiger partial charge in [0.1, 0.15) is 0 Å². The summed E-state index contributed by atoms with van der Waals surface area (Å²) in [6.07, 6.45) is 15.7. The third-order valence-electron chi connectivity index (χ3n) is 5.10. The fourth-order valence-electron chi connectivity index (χ4n) is 3.81. The van der Waals surface area contributed by atoms with E-state index in [1.165, 1.54) is 85.9 Å². The second-order valence-corrected chi connectivity index (χ2v) is 8.15. The van der Waals surface area contributed by atoms with Crippen LogP contribution >= 0.6 is 11.3 Å². The molecule has 3 rings (SSSR count). The number of aryl methyl sites for hydroxylation is 1. The quantitative estimate of drug-likeness (QED) is 0.552. The van der Waals surface area contributed by atoms with E-state index in [1.54, 1.807) is 5.56 Å². The maximum Gasteiger partial charge on any atom is 0.0907 e. The van der Waals surface area contributed by atoms with Crippen LogP contribution in [0.5, 0.6) is 0 Å². The maximum atomic E-state index is 4.60. The summed E-state index contributed by atoms with van der Waals surface area (Å²) in [5.41, 5.74) is 2.74. The maximum absolute atomic E-state index is 4.60. The van der Waals surface area contributed by atoms with Crippen molar-refractivity contribution in [3.8, 4) is 0 Å². The second kappa shape index (κ2) is 8.10. The molecule has 1 nitrogen and oxygen atoms in total. The van der Waals surface area contributed by atoms with Crippen LogP contribution in [0.4, 0.5) is 0 Å². The summed E-state index contributed by atoms with van der Waals surface area (Å²) in [5, 5.41) is 1.19. The highest BCUT2D eigenvalue weighted by Crippen LogP contribution is 2.32. The number of fused-ring (bicyclic) bond motifs is 1. The van der Waals surface area contributed by atoms with Crippen LogP contribution in [-0.4, -0.2) is 4.98 Å². The average Bonchev–Trinajstić information content (AvgIpc) is 2.87. The smallest absolute Gasteiger partial charge is 0.0907 e. The summed E-state index contributed by atoms with van der Waals surface area (Å²) < 4.78 is 1.38. The predicted octanol–water partition coefficient (Wildman–Crippen LogP) is 6.99. The molecule has 2 heteroatoms. The fourth-order valence-corrected chi connectivity index (χ4v) is 4.68. The van der Waals surface area contributed by atoms with Crippen LogP contribution in [0, 0.1) is 6.92 Å². The number of aromatic nitrogens is 1. The Labute approximate surface area is 139 Å². The molecule has 0 spiro atoms. The van der Waals surface area contributed by atoms with Crippen molar-refractivity contribution in [1.82, 2.24) is 4.98 Å². The Bertz CT molecular complexity index is 574. The molecule has 120 valence electrons. The van der Waals surface area contributed by atoms with Crippen LogP contribution in [0.15, 0.2) is 18.2 Å². The van der Waals surface area contributed by atoms with E-state index in [9.17, 15) is 0 Å². The first-order valence-electron chi connectivity index (χ1n) is 9.20. The highest BCUT2D eigenvalue weighted by atomic mass is 32.1. The lowest BCUT2D eigenvalue weighted by atomic mass is 9.87. The summed E-state index contributed by atoms with van der Waals surface area (Å²) in [6, 6.07) is 7.01. The molecule has 1 aliphatic rings. The standard InChI is InChI=1S/C20H29NS/c1-16-21-19-14-13-18(15-20(19)22-16)17-11-9-7-5-3-2-4-6-8-10-12-17/h13-15,17H,2-12H2,1H3. The van der Waals surface area contributed by atoms with Gasteiger partial charge in [-0.05, 0) is 43.4 Å². The van der Waals surface area contributed by atoms with Gasteiger partial charge < -0.3 is 0 Å². The number of nitrogens with zero attached hydrogens (tertiary/aromatic N) is 1. The minimum Gasteiger partial charge on any atom is -0.242 e. The number of hydrogen-bond donors (Lipinski definition) is 0. The van der Waals surface area contributed by atoms with Crippen molar-refractivity contribution in [1.29, 1.82) is 0 Å². The molecular weight excluding hydrogens is 286 g/mol. The molecule has 1 aliphatic carbocycles. The van der Waals surface area contributed by atoms with Gasteiger partial charge >= 0.3 is 0 Å². The van der Waals surface area contributed by atoms with Crippen molar-refractivity contribution in [2.75, 3.05) is 0 Å². The van der Waals surface area contributed by atoms with E-state index in [2.05, 4.69) is 30.1 Å². The number of benzene rings is 1. The van der Waals surface area contributed by atoms with Gasteiger partial charge in [-0.1, -0.05) is 63.9 Å². The lowest BCUT2D eigenvalue weighted by Gasteiger charge is -2.18. The lowest BCUT2D eigenvalue weighted by molar-refractivity contribution is 0.467. The fraction of sp³-hybridized carbons (Fsp3) is 0.650. The highest BCUT2D eigenvalue weighted by Gasteiger charge is 2.13. The normalized spacial score (nSPS) is 19.7. The van der Waals surface area contributed by atoms with E-state index in [-0.39, 0.29) is 0 Å². The van der Waals surface area contributed by atoms with Crippen LogP contribution in [-0.2, 0) is 0 Å². The zero-order valence-corrected chi connectivity index (χ0v) is 14.8. The van der Waals surface area contributed by atoms with E-state index >= 15 is 0 Å². The Morgan fingerprint density at radius 1 is 0.864 bits per heavy atom. The van der Waals surface area contributed by atoms with Crippen molar-refractivity contribution in [2.24, 2.45) is 0 Å². The zero-order valence-electron chi connectivity index (χ0n) is 13.9. The molecule has 0 unspecified atom stereocenters. The summed E-state index contributed by atoms with van der Waals surface area (Å²) in [7, 11) is 0. The van der Waals surface area contributed by atoms with Gasteiger partial charge in [-0.25, -0.2) is 4.98 Å². The van der Waals surface area contributed by atoms with Gasteiger partial charge in [-0.2, -0.15) is 0 Å². The molecule has 1 saturated carbocycles. The molecule has 1 heterocycles. The molecule has 0 N–H and O–H groups in total. The van der Waals surface area contributed by atoms with Crippen LogP contribution in [0.2, 0.25) is 0 Å². The summed E-state index contributed by atoms with van der Waals surface area (Å²) in [6.45, 7) is 2.11. The Morgan fingerprint density at radius 2 is 1.45 bits per heavy atom. The van der Waals surface area contributed by atoms with Gasteiger partial charge in [0.2, 0.25) is 0 Å². The molecular formula is C20H29NS. The van der Waals surface area contributed by atoms with Crippen LogP contribution in [0.1, 0.15) is 87.1 Å². The molecule has 1 aromatic heterocycles. The lowest BCUT2D eigenvalue weighted by Crippen LogP contribution is -2.00. The van der Waals surface area contributed by atoms with E-state index in [4.69, 9.17) is 0 Å². The van der Waals surface area contributed by atoms with Gasteiger partial charge in [-0.3, -0.25) is 0 Å². The first-order chi connectivity index (χ1) is 10.8. The van der Waals surface area contributed by atoms with Crippen molar-refractivity contribution in [2.45, 2.75) is 83.5 Å². The minimum absolute atomic E-state index is 0.770. The minimum atomic E-state index is 0.770. The first-order valence-corrected chi connectivity index (χ1v) is 10.0. The van der Waals surface area contributed by atoms with Gasteiger partial charge in [0.05, 0.1) is 15.2 Å². The van der Waals surface area contributed by atoms with Crippen LogP contribution in [0.25, 0.3) is 10.2 Å². The Morgan fingerprint density at radius 3 is 2.09 bits per heavy atom. The molecule has 1 fully saturated rings. The first kappa shape index (κ1) is 16.0. The third kappa shape index (κ3) is 4.32. The van der Waals surface area contributed by atoms with Crippen LogP contribution in [0.3, 0.4) is 0 Å². The Kier molecular flexibility index (Phi) is 5.89. The molecule has 0 bridgehead atoms. The largest absolute Gasteiger partial charge is 0.242 e. The highest BCUT2D eigenvalue weighted by molar-refractivity contribution is 7.18. The van der Waals surface area contributed by atoms with Crippen molar-refractivity contribution >= 4 is 21.6 Å². The second-order valence-electron chi connectivity index (χ2n) is 6.92. The topological polar surface area (TPSA) is 12.9 Å². The van der Waals surface area contributed by atoms with Gasteiger partial charge in [0.15, 0.2) is 0 Å². The average molecular weight is 316 g/mol. The molecule has 0 radical (unpaired) electrons. The molecule has 0 amide bonds. The zero-order chi connectivity index (χ0) is 15.2. The summed E-state index contributed by atoms with van der Waals surface area (Å²) in [5.74, 6) is 0.770. The SMILES string of the molecule is Cc1nc2ccc(C3CCCCCCCCCCC3)cc2s1. The van der Waals surface area contributed by atoms with Crippen molar-refractivity contribution in [3.63, 3.8) is 0 Å². The summed E-state index contributed by atoms with van der Waals surface area (Å²) in [4.78, 5) is 4.60. The van der Waals surface area contributed by atoms with E-state index in [0.29, 0.717) is 0 Å². The van der Waals surface area contributed by atoms with Gasteiger partial charge in [0.25, 0.3) is 0 Å². The Hall–Kier alpha value is -0.890. The van der Waals surface area contributed by atoms with Gasteiger partial charge in [-0.15, -0.1) is 11.3 Å². The molecule has 0 aliphatic heterocycles. The van der Waals surface area contributed by atoms with Gasteiger partial charge in [0, 0.05) is 0 Å². The van der Waals surface area contributed by atoms with Crippen LogP contribution < -0.4 is 0 Å². The molecule has 0 atom stereocenters. The summed E-state index contributed by atoms with van der Waals surface area (Å²) >= 11 is 1.84. The van der Waals surface area contributed by atoms with Crippen molar-refractivity contribution in [3.05, 3.63) is 28.8 Å².